The second-order valence-corrected chi connectivity index (χ2v) is 5.59. The minimum atomic E-state index is -0.136. The van der Waals surface area contributed by atoms with Crippen molar-refractivity contribution in [3.05, 3.63) is 24.3 Å². The van der Waals surface area contributed by atoms with Crippen molar-refractivity contribution in [1.29, 1.82) is 0 Å². The van der Waals surface area contributed by atoms with Gasteiger partial charge >= 0.3 is 5.97 Å². The summed E-state index contributed by atoms with van der Waals surface area (Å²) >= 11 is 0. The molecule has 126 valence electrons. The predicted molar refractivity (Wildman–Crippen MR) is 91.8 cm³/mol. The Kier molecular flexibility index (Phi) is 15.0. The molecular formula is C19H32O3. The molecule has 22 heavy (non-hydrogen) atoms. The van der Waals surface area contributed by atoms with Crippen LogP contribution in [0.5, 0.6) is 0 Å². The van der Waals surface area contributed by atoms with Gasteiger partial charge in [-0.25, -0.2) is 0 Å². The molecule has 0 aromatic carbocycles. The quantitative estimate of drug-likeness (QED) is 0.193. The van der Waals surface area contributed by atoms with Gasteiger partial charge in [-0.1, -0.05) is 57.3 Å². The number of hydrogen-bond acceptors (Lipinski definition) is 3. The van der Waals surface area contributed by atoms with Crippen molar-refractivity contribution in [3.8, 4) is 0 Å². The van der Waals surface area contributed by atoms with Gasteiger partial charge in [0.2, 0.25) is 0 Å². The first-order chi connectivity index (χ1) is 10.7. The minimum absolute atomic E-state index is 0.136. The third-order valence-electron chi connectivity index (χ3n) is 3.54. The van der Waals surface area contributed by atoms with Crippen LogP contribution in [0.2, 0.25) is 0 Å². The smallest absolute Gasteiger partial charge is 0.305 e. The molecule has 0 radical (unpaired) electrons. The average Bonchev–Trinajstić information content (AvgIpc) is 2.52. The summed E-state index contributed by atoms with van der Waals surface area (Å²) in [6.07, 6.45) is 18.5. The Labute approximate surface area is 135 Å². The summed E-state index contributed by atoms with van der Waals surface area (Å²) in [7, 11) is 1.42. The maximum atomic E-state index is 11.6. The fourth-order valence-corrected chi connectivity index (χ4v) is 2.13. The molecule has 0 atom stereocenters. The van der Waals surface area contributed by atoms with E-state index < -0.39 is 0 Å². The van der Waals surface area contributed by atoms with Crippen molar-refractivity contribution < 1.29 is 14.3 Å². The fraction of sp³-hybridized carbons (Fsp3) is 0.684. The van der Waals surface area contributed by atoms with Crippen LogP contribution in [-0.2, 0) is 14.3 Å². The number of esters is 1. The van der Waals surface area contributed by atoms with Crippen LogP contribution in [0, 0.1) is 0 Å². The van der Waals surface area contributed by atoms with Crippen molar-refractivity contribution >= 4 is 11.8 Å². The van der Waals surface area contributed by atoms with Gasteiger partial charge in [-0.2, -0.15) is 0 Å². The second-order valence-electron chi connectivity index (χ2n) is 5.59. The zero-order valence-electron chi connectivity index (χ0n) is 14.3. The van der Waals surface area contributed by atoms with Crippen LogP contribution in [0.15, 0.2) is 24.3 Å². The second kappa shape index (κ2) is 16.0. The van der Waals surface area contributed by atoms with E-state index in [-0.39, 0.29) is 11.8 Å². The Morgan fingerprint density at radius 3 is 2.23 bits per heavy atom. The minimum Gasteiger partial charge on any atom is -0.469 e. The van der Waals surface area contributed by atoms with Crippen molar-refractivity contribution in [2.45, 2.75) is 77.6 Å². The molecule has 0 rings (SSSR count). The lowest BCUT2D eigenvalue weighted by Gasteiger charge is -2.00. The molecule has 0 saturated heterocycles. The molecule has 0 saturated carbocycles. The monoisotopic (exact) mass is 308 g/mol. The number of hydrogen-bond donors (Lipinski definition) is 0. The van der Waals surface area contributed by atoms with Crippen LogP contribution in [-0.4, -0.2) is 18.9 Å². The molecule has 0 amide bonds. The van der Waals surface area contributed by atoms with Gasteiger partial charge < -0.3 is 4.74 Å². The summed E-state index contributed by atoms with van der Waals surface area (Å²) in [4.78, 5) is 22.5. The molecule has 0 N–H and O–H groups in total. The van der Waals surface area contributed by atoms with E-state index in [0.717, 1.165) is 38.5 Å². The number of ketones is 1. The van der Waals surface area contributed by atoms with Gasteiger partial charge in [0.05, 0.1) is 7.11 Å². The Balaban J connectivity index is 3.43. The lowest BCUT2D eigenvalue weighted by molar-refractivity contribution is -0.140. The number of methoxy groups -OCH3 is 1. The Morgan fingerprint density at radius 1 is 0.864 bits per heavy atom. The van der Waals surface area contributed by atoms with Gasteiger partial charge in [0.15, 0.2) is 5.78 Å². The third-order valence-corrected chi connectivity index (χ3v) is 3.54. The number of rotatable bonds is 14. The fourth-order valence-electron chi connectivity index (χ4n) is 2.13. The van der Waals surface area contributed by atoms with Crippen LogP contribution >= 0.6 is 0 Å². The molecule has 0 aromatic heterocycles. The van der Waals surface area contributed by atoms with Gasteiger partial charge in [-0.15, -0.1) is 0 Å². The van der Waals surface area contributed by atoms with Gasteiger partial charge in [0.25, 0.3) is 0 Å². The van der Waals surface area contributed by atoms with Gasteiger partial charge in [0, 0.05) is 12.8 Å². The normalized spacial score (nSPS) is 11.4. The van der Waals surface area contributed by atoms with Gasteiger partial charge in [0.1, 0.15) is 0 Å². The molecule has 0 heterocycles. The van der Waals surface area contributed by atoms with Crippen LogP contribution in [0.4, 0.5) is 0 Å². The van der Waals surface area contributed by atoms with E-state index in [1.807, 2.05) is 12.2 Å². The van der Waals surface area contributed by atoms with Gasteiger partial charge in [-0.05, 0) is 31.8 Å². The number of carbonyl (C=O) groups is 2. The van der Waals surface area contributed by atoms with Crippen LogP contribution in [0.3, 0.4) is 0 Å². The van der Waals surface area contributed by atoms with E-state index in [1.165, 1.54) is 26.4 Å². The summed E-state index contributed by atoms with van der Waals surface area (Å²) in [6.45, 7) is 2.20. The Hall–Kier alpha value is -1.38. The van der Waals surface area contributed by atoms with E-state index in [0.29, 0.717) is 12.8 Å². The molecule has 3 nitrogen and oxygen atoms in total. The summed E-state index contributed by atoms with van der Waals surface area (Å²) in [5.74, 6) is 0.0656. The van der Waals surface area contributed by atoms with E-state index in [9.17, 15) is 9.59 Å². The van der Waals surface area contributed by atoms with E-state index in [1.54, 1.807) is 6.08 Å². The first kappa shape index (κ1) is 20.6. The first-order valence-corrected chi connectivity index (χ1v) is 8.63. The maximum absolute atomic E-state index is 11.6. The number of unbranched alkanes of at least 4 members (excludes halogenated alkanes) is 7. The Bertz CT molecular complexity index is 343. The molecular weight excluding hydrogens is 276 g/mol. The van der Waals surface area contributed by atoms with Gasteiger partial charge in [-0.3, -0.25) is 9.59 Å². The number of ether oxygens (including phenoxy) is 1. The zero-order valence-corrected chi connectivity index (χ0v) is 14.3. The van der Waals surface area contributed by atoms with Crippen molar-refractivity contribution in [1.82, 2.24) is 0 Å². The predicted octanol–water partition coefficient (Wildman–Crippen LogP) is 5.15. The van der Waals surface area contributed by atoms with Crippen LogP contribution in [0.1, 0.15) is 77.6 Å². The SMILES string of the molecule is CCCCC/C=C/C=C/C(=O)CCCCCCCC(=O)OC. The Morgan fingerprint density at radius 2 is 1.55 bits per heavy atom. The molecule has 0 spiro atoms. The highest BCUT2D eigenvalue weighted by molar-refractivity contribution is 5.89. The van der Waals surface area contributed by atoms with E-state index in [2.05, 4.69) is 17.7 Å². The molecule has 0 fully saturated rings. The molecule has 0 aliphatic carbocycles. The summed E-state index contributed by atoms with van der Waals surface area (Å²) in [5, 5.41) is 0. The summed E-state index contributed by atoms with van der Waals surface area (Å²) in [5.41, 5.74) is 0. The van der Waals surface area contributed by atoms with Crippen molar-refractivity contribution in [3.63, 3.8) is 0 Å². The van der Waals surface area contributed by atoms with Crippen molar-refractivity contribution in [2.24, 2.45) is 0 Å². The lowest BCUT2D eigenvalue weighted by Crippen LogP contribution is -1.99. The van der Waals surface area contributed by atoms with E-state index in [4.69, 9.17) is 0 Å². The highest BCUT2D eigenvalue weighted by Crippen LogP contribution is 2.08. The largest absolute Gasteiger partial charge is 0.469 e. The van der Waals surface area contributed by atoms with Crippen molar-refractivity contribution in [2.75, 3.05) is 7.11 Å². The zero-order chi connectivity index (χ0) is 16.5. The van der Waals surface area contributed by atoms with Crippen LogP contribution in [0.25, 0.3) is 0 Å². The molecule has 0 bridgehead atoms. The van der Waals surface area contributed by atoms with E-state index >= 15 is 0 Å². The highest BCUT2D eigenvalue weighted by atomic mass is 16.5. The number of carbonyl (C=O) groups excluding carboxylic acids is 2. The topological polar surface area (TPSA) is 43.4 Å². The molecule has 0 aliphatic heterocycles. The molecule has 0 unspecified atom stereocenters. The highest BCUT2D eigenvalue weighted by Gasteiger charge is 2.00. The van der Waals surface area contributed by atoms with Crippen LogP contribution < -0.4 is 0 Å². The molecule has 0 aliphatic rings. The maximum Gasteiger partial charge on any atom is 0.305 e. The average molecular weight is 308 g/mol. The third kappa shape index (κ3) is 15.0. The molecule has 3 heteroatoms. The summed E-state index contributed by atoms with van der Waals surface area (Å²) in [6, 6.07) is 0. The lowest BCUT2D eigenvalue weighted by atomic mass is 10.1. The number of allylic oxidation sites excluding steroid dienone is 4. The standard InChI is InChI=1S/C19H32O3/c1-3-4-5-6-7-9-12-15-18(20)16-13-10-8-11-14-17-19(21)22-2/h7,9,12,15H,3-6,8,10-11,13-14,16-17H2,1-2H3/b9-7+,15-12+. The molecule has 0 aromatic rings. The summed E-state index contributed by atoms with van der Waals surface area (Å²) < 4.78 is 4.59. The first-order valence-electron chi connectivity index (χ1n) is 8.63.